The molecule has 0 bridgehead atoms. The van der Waals surface area contributed by atoms with Crippen LogP contribution in [-0.2, 0) is 11.3 Å². The number of anilines is 1. The predicted octanol–water partition coefficient (Wildman–Crippen LogP) is 2.22. The molecule has 1 N–H and O–H groups in total. The lowest BCUT2D eigenvalue weighted by Gasteiger charge is -2.15. The first-order chi connectivity index (χ1) is 10.6. The Bertz CT molecular complexity index is 714. The molecule has 0 saturated carbocycles. The molecule has 3 rings (SSSR count). The third-order valence-corrected chi connectivity index (χ3v) is 4.62. The van der Waals surface area contributed by atoms with Gasteiger partial charge in [0, 0.05) is 49.1 Å². The summed E-state index contributed by atoms with van der Waals surface area (Å²) < 4.78 is 1.93. The van der Waals surface area contributed by atoms with Crippen LogP contribution in [0.1, 0.15) is 29.8 Å². The van der Waals surface area contributed by atoms with E-state index >= 15 is 0 Å². The van der Waals surface area contributed by atoms with Gasteiger partial charge in [0.1, 0.15) is 6.07 Å². The molecular formula is C15H17N5OS. The van der Waals surface area contributed by atoms with Gasteiger partial charge < -0.3 is 5.32 Å². The molecule has 0 spiro atoms. The first-order valence-electron chi connectivity index (χ1n) is 7.16. The molecule has 3 heterocycles. The van der Waals surface area contributed by atoms with Gasteiger partial charge in [-0.3, -0.25) is 14.4 Å². The summed E-state index contributed by atoms with van der Waals surface area (Å²) in [5.74, 6) is 0.493. The monoisotopic (exact) mass is 315 g/mol. The van der Waals surface area contributed by atoms with E-state index in [4.69, 9.17) is 5.26 Å². The Kier molecular flexibility index (Phi) is 4.22. The molecule has 22 heavy (non-hydrogen) atoms. The number of amides is 1. The minimum atomic E-state index is -0.107. The number of hydrogen-bond donors (Lipinski definition) is 1. The molecule has 0 radical (unpaired) electrons. The second-order valence-electron chi connectivity index (χ2n) is 5.45. The van der Waals surface area contributed by atoms with Gasteiger partial charge in [0.05, 0.1) is 11.6 Å². The van der Waals surface area contributed by atoms with E-state index in [1.807, 2.05) is 28.4 Å². The molecule has 114 valence electrons. The number of likely N-dealkylation sites (tertiary alicyclic amines) is 1. The summed E-state index contributed by atoms with van der Waals surface area (Å²) in [5.41, 5.74) is 0.739. The fourth-order valence-corrected chi connectivity index (χ4v) is 3.55. The average Bonchev–Trinajstić information content (AvgIpc) is 3.18. The van der Waals surface area contributed by atoms with Crippen LogP contribution in [-0.4, -0.2) is 33.7 Å². The Balaban J connectivity index is 1.58. The number of hydrogen-bond acceptors (Lipinski definition) is 5. The van der Waals surface area contributed by atoms with Crippen molar-refractivity contribution < 1.29 is 4.79 Å². The van der Waals surface area contributed by atoms with Gasteiger partial charge in [-0.1, -0.05) is 0 Å². The number of aromatic nitrogens is 2. The quantitative estimate of drug-likeness (QED) is 0.939. The summed E-state index contributed by atoms with van der Waals surface area (Å²) in [6.45, 7) is 4.30. The molecule has 0 aromatic carbocycles. The zero-order valence-electron chi connectivity index (χ0n) is 12.3. The van der Waals surface area contributed by atoms with Crippen LogP contribution in [0.15, 0.2) is 23.7 Å². The summed E-state index contributed by atoms with van der Waals surface area (Å²) >= 11 is 1.63. The Morgan fingerprint density at radius 2 is 2.50 bits per heavy atom. The minimum absolute atomic E-state index is 0.107. The highest BCUT2D eigenvalue weighted by Gasteiger charge is 2.24. The molecule has 1 unspecified atom stereocenters. The van der Waals surface area contributed by atoms with Crippen molar-refractivity contribution in [3.63, 3.8) is 0 Å². The summed E-state index contributed by atoms with van der Waals surface area (Å²) in [5, 5.41) is 17.9. The van der Waals surface area contributed by atoms with Crippen molar-refractivity contribution in [1.82, 2.24) is 14.7 Å². The Morgan fingerprint density at radius 3 is 3.23 bits per heavy atom. The van der Waals surface area contributed by atoms with Crippen LogP contribution in [0.2, 0.25) is 0 Å². The summed E-state index contributed by atoms with van der Waals surface area (Å²) in [4.78, 5) is 14.6. The molecule has 7 heteroatoms. The average molecular weight is 315 g/mol. The molecule has 1 fully saturated rings. The molecule has 2 aromatic rings. The van der Waals surface area contributed by atoms with E-state index < -0.39 is 0 Å². The lowest BCUT2D eigenvalue weighted by atomic mass is 10.3. The molecule has 1 atom stereocenters. The number of carbonyl (C=O) groups excluding carboxylic acids is 1. The zero-order valence-corrected chi connectivity index (χ0v) is 13.1. The lowest BCUT2D eigenvalue weighted by Crippen LogP contribution is -2.21. The number of nitriles is 1. The topological polar surface area (TPSA) is 74.0 Å². The molecular weight excluding hydrogens is 298 g/mol. The van der Waals surface area contributed by atoms with Crippen LogP contribution < -0.4 is 5.32 Å². The van der Waals surface area contributed by atoms with E-state index in [0.29, 0.717) is 11.9 Å². The van der Waals surface area contributed by atoms with Crippen molar-refractivity contribution in [3.05, 3.63) is 34.2 Å². The van der Waals surface area contributed by atoms with Gasteiger partial charge in [-0.2, -0.15) is 10.4 Å². The van der Waals surface area contributed by atoms with Crippen LogP contribution in [0.5, 0.6) is 0 Å². The Labute approximate surface area is 133 Å². The van der Waals surface area contributed by atoms with Gasteiger partial charge in [-0.15, -0.1) is 11.3 Å². The van der Waals surface area contributed by atoms with Crippen molar-refractivity contribution in [2.24, 2.45) is 0 Å². The van der Waals surface area contributed by atoms with Gasteiger partial charge >= 0.3 is 0 Å². The highest BCUT2D eigenvalue weighted by molar-refractivity contribution is 7.10. The maximum atomic E-state index is 11.0. The van der Waals surface area contributed by atoms with Crippen molar-refractivity contribution in [2.45, 2.75) is 25.9 Å². The highest BCUT2D eigenvalue weighted by Crippen LogP contribution is 2.25. The van der Waals surface area contributed by atoms with Crippen molar-refractivity contribution in [3.8, 4) is 6.07 Å². The van der Waals surface area contributed by atoms with Crippen LogP contribution in [0.25, 0.3) is 0 Å². The summed E-state index contributed by atoms with van der Waals surface area (Å²) in [6, 6.07) is 6.28. The first-order valence-corrected chi connectivity index (χ1v) is 8.04. The Hall–Kier alpha value is -2.17. The molecule has 1 aliphatic heterocycles. The van der Waals surface area contributed by atoms with E-state index in [0.717, 1.165) is 31.6 Å². The normalized spacial score (nSPS) is 18.3. The number of rotatable bonds is 4. The number of nitrogens with one attached hydrogen (secondary N) is 1. The van der Waals surface area contributed by atoms with E-state index in [2.05, 4.69) is 21.4 Å². The van der Waals surface area contributed by atoms with Gasteiger partial charge in [0.25, 0.3) is 0 Å². The molecule has 1 aliphatic rings. The van der Waals surface area contributed by atoms with E-state index in [1.165, 1.54) is 11.8 Å². The number of carbonyl (C=O) groups is 1. The molecule has 6 nitrogen and oxygen atoms in total. The smallest absolute Gasteiger partial charge is 0.222 e. The second kappa shape index (κ2) is 6.30. The third kappa shape index (κ3) is 3.35. The number of thiophene rings is 1. The van der Waals surface area contributed by atoms with Crippen molar-refractivity contribution in [2.75, 3.05) is 18.4 Å². The maximum Gasteiger partial charge on any atom is 0.222 e. The molecule has 1 saturated heterocycles. The van der Waals surface area contributed by atoms with E-state index in [-0.39, 0.29) is 5.91 Å². The van der Waals surface area contributed by atoms with Crippen molar-refractivity contribution in [1.29, 1.82) is 5.26 Å². The van der Waals surface area contributed by atoms with E-state index in [9.17, 15) is 4.79 Å². The van der Waals surface area contributed by atoms with Crippen LogP contribution in [0, 0.1) is 11.3 Å². The van der Waals surface area contributed by atoms with Crippen LogP contribution in [0.4, 0.5) is 5.82 Å². The standard InChI is InChI=1S/C15H17N5OS/c1-11(21)17-15-3-5-20(18-15)13-2-4-19(8-13)9-14-6-12(7-16)10-22-14/h3,5-6,10,13H,2,4,8-9H2,1H3,(H,17,18,21). The summed E-state index contributed by atoms with van der Waals surface area (Å²) in [7, 11) is 0. The predicted molar refractivity (Wildman–Crippen MR) is 84.5 cm³/mol. The largest absolute Gasteiger partial charge is 0.309 e. The van der Waals surface area contributed by atoms with E-state index in [1.54, 1.807) is 11.3 Å². The highest BCUT2D eigenvalue weighted by atomic mass is 32.1. The van der Waals surface area contributed by atoms with Gasteiger partial charge in [0.2, 0.25) is 5.91 Å². The SMILES string of the molecule is CC(=O)Nc1ccn(C2CCN(Cc3cc(C#N)cs3)C2)n1. The first kappa shape index (κ1) is 14.8. The molecule has 0 aliphatic carbocycles. The zero-order chi connectivity index (χ0) is 15.5. The van der Waals surface area contributed by atoms with Crippen molar-refractivity contribution >= 4 is 23.1 Å². The second-order valence-corrected chi connectivity index (χ2v) is 6.45. The fraction of sp³-hybridized carbons (Fsp3) is 0.400. The van der Waals surface area contributed by atoms with Gasteiger partial charge in [-0.05, 0) is 12.5 Å². The van der Waals surface area contributed by atoms with Crippen LogP contribution in [0.3, 0.4) is 0 Å². The maximum absolute atomic E-state index is 11.0. The minimum Gasteiger partial charge on any atom is -0.309 e. The van der Waals surface area contributed by atoms with Gasteiger partial charge in [-0.25, -0.2) is 0 Å². The fourth-order valence-electron chi connectivity index (χ4n) is 2.70. The Morgan fingerprint density at radius 1 is 1.64 bits per heavy atom. The third-order valence-electron chi connectivity index (χ3n) is 3.70. The summed E-state index contributed by atoms with van der Waals surface area (Å²) in [6.07, 6.45) is 2.95. The lowest BCUT2D eigenvalue weighted by molar-refractivity contribution is -0.114. The van der Waals surface area contributed by atoms with Crippen LogP contribution >= 0.6 is 11.3 Å². The molecule has 2 aromatic heterocycles. The van der Waals surface area contributed by atoms with Gasteiger partial charge in [0.15, 0.2) is 5.82 Å². The number of nitrogens with zero attached hydrogens (tertiary/aromatic N) is 4. The molecule has 1 amide bonds.